The molecule has 2 rings (SSSR count). The lowest BCUT2D eigenvalue weighted by molar-refractivity contribution is -0.142. The van der Waals surface area contributed by atoms with Crippen LogP contribution in [0.15, 0.2) is 48.5 Å². The van der Waals surface area contributed by atoms with E-state index in [-0.39, 0.29) is 5.97 Å². The van der Waals surface area contributed by atoms with Crippen LogP contribution in [-0.2, 0) is 22.4 Å². The summed E-state index contributed by atoms with van der Waals surface area (Å²) in [4.78, 5) is 11.4. The van der Waals surface area contributed by atoms with Crippen molar-refractivity contribution < 1.29 is 9.53 Å². The molecule has 23 heavy (non-hydrogen) atoms. The van der Waals surface area contributed by atoms with Gasteiger partial charge in [0.1, 0.15) is 6.04 Å². The van der Waals surface area contributed by atoms with E-state index in [4.69, 9.17) is 5.73 Å². The third-order valence-corrected chi connectivity index (χ3v) is 4.02. The maximum atomic E-state index is 11.4. The summed E-state index contributed by atoms with van der Waals surface area (Å²) < 4.78 is 4.65. The Morgan fingerprint density at radius 2 is 1.52 bits per heavy atom. The Balaban J connectivity index is 2.03. The molecular formula is C20H25NO2. The molecule has 0 aliphatic rings. The minimum atomic E-state index is -0.608. The van der Waals surface area contributed by atoms with E-state index >= 15 is 0 Å². The molecule has 0 spiro atoms. The number of carbonyl (C=O) groups excluding carboxylic acids is 1. The normalized spacial score (nSPS) is 12.0. The second-order valence-electron chi connectivity index (χ2n) is 5.83. The van der Waals surface area contributed by atoms with Crippen LogP contribution < -0.4 is 5.73 Å². The molecule has 3 nitrogen and oxygen atoms in total. The van der Waals surface area contributed by atoms with Crippen LogP contribution in [0.5, 0.6) is 0 Å². The number of benzene rings is 2. The van der Waals surface area contributed by atoms with Gasteiger partial charge in [0, 0.05) is 0 Å². The van der Waals surface area contributed by atoms with Crippen molar-refractivity contribution in [3.8, 4) is 11.1 Å². The lowest BCUT2D eigenvalue weighted by Crippen LogP contribution is -2.33. The lowest BCUT2D eigenvalue weighted by Gasteiger charge is -2.10. The van der Waals surface area contributed by atoms with Gasteiger partial charge in [-0.15, -0.1) is 0 Å². The molecule has 0 amide bonds. The first-order valence-corrected chi connectivity index (χ1v) is 8.15. The van der Waals surface area contributed by atoms with Gasteiger partial charge >= 0.3 is 5.97 Å². The summed E-state index contributed by atoms with van der Waals surface area (Å²) in [5.41, 5.74) is 10.6. The first kappa shape index (κ1) is 17.2. The summed E-state index contributed by atoms with van der Waals surface area (Å²) in [7, 11) is 1.36. The molecular weight excluding hydrogens is 286 g/mol. The molecule has 0 fully saturated rings. The van der Waals surface area contributed by atoms with Gasteiger partial charge in [0.2, 0.25) is 0 Å². The molecule has 0 radical (unpaired) electrons. The van der Waals surface area contributed by atoms with E-state index in [9.17, 15) is 4.79 Å². The fraction of sp³-hybridized carbons (Fsp3) is 0.350. The number of ether oxygens (including phenoxy) is 1. The van der Waals surface area contributed by atoms with Gasteiger partial charge in [-0.1, -0.05) is 61.9 Å². The Kier molecular flexibility index (Phi) is 6.36. The zero-order valence-electron chi connectivity index (χ0n) is 13.9. The van der Waals surface area contributed by atoms with Crippen molar-refractivity contribution in [3.05, 3.63) is 59.7 Å². The molecule has 0 aromatic heterocycles. The maximum Gasteiger partial charge on any atom is 0.322 e. The van der Waals surface area contributed by atoms with Gasteiger partial charge in [-0.3, -0.25) is 4.79 Å². The zero-order valence-corrected chi connectivity index (χ0v) is 13.9. The van der Waals surface area contributed by atoms with Crippen LogP contribution in [-0.4, -0.2) is 19.1 Å². The molecule has 0 heterocycles. The van der Waals surface area contributed by atoms with Crippen LogP contribution in [0.3, 0.4) is 0 Å². The number of hydrogen-bond acceptors (Lipinski definition) is 3. The molecule has 0 aliphatic carbocycles. The Bertz CT molecular complexity index is 617. The standard InChI is InChI=1S/C20H25NO2/c1-3-4-5-15-6-10-17(11-7-15)18-12-8-16(9-13-18)14-19(21)20(22)23-2/h6-13,19H,3-5,14,21H2,1-2H3. The molecule has 2 aromatic rings. The fourth-order valence-electron chi connectivity index (χ4n) is 2.57. The molecule has 1 atom stereocenters. The number of carbonyl (C=O) groups is 1. The van der Waals surface area contributed by atoms with Crippen LogP contribution in [0.25, 0.3) is 11.1 Å². The van der Waals surface area contributed by atoms with Gasteiger partial charge in [0.25, 0.3) is 0 Å². The third kappa shape index (κ3) is 4.93. The smallest absolute Gasteiger partial charge is 0.322 e. The van der Waals surface area contributed by atoms with Crippen LogP contribution in [0, 0.1) is 0 Å². The van der Waals surface area contributed by atoms with E-state index in [2.05, 4.69) is 48.1 Å². The van der Waals surface area contributed by atoms with Crippen molar-refractivity contribution in [1.82, 2.24) is 0 Å². The summed E-state index contributed by atoms with van der Waals surface area (Å²) in [5.74, 6) is -0.378. The Labute approximate surface area is 138 Å². The van der Waals surface area contributed by atoms with Gasteiger partial charge in [-0.2, -0.15) is 0 Å². The zero-order chi connectivity index (χ0) is 16.7. The minimum absolute atomic E-state index is 0.378. The van der Waals surface area contributed by atoms with E-state index < -0.39 is 6.04 Å². The molecule has 0 aliphatic heterocycles. The molecule has 122 valence electrons. The van der Waals surface area contributed by atoms with Crippen LogP contribution in [0.2, 0.25) is 0 Å². The molecule has 1 unspecified atom stereocenters. The van der Waals surface area contributed by atoms with E-state index in [1.54, 1.807) is 0 Å². The molecule has 2 N–H and O–H groups in total. The van der Waals surface area contributed by atoms with E-state index in [1.165, 1.54) is 36.6 Å². The first-order chi connectivity index (χ1) is 11.1. The quantitative estimate of drug-likeness (QED) is 0.793. The van der Waals surface area contributed by atoms with Crippen molar-refractivity contribution in [2.75, 3.05) is 7.11 Å². The molecule has 0 saturated heterocycles. The van der Waals surface area contributed by atoms with Gasteiger partial charge in [-0.05, 0) is 41.5 Å². The molecule has 3 heteroatoms. The monoisotopic (exact) mass is 311 g/mol. The summed E-state index contributed by atoms with van der Waals surface area (Å²) >= 11 is 0. The summed E-state index contributed by atoms with van der Waals surface area (Å²) in [6.45, 7) is 2.21. The van der Waals surface area contributed by atoms with Crippen LogP contribution in [0.4, 0.5) is 0 Å². The molecule has 2 aromatic carbocycles. The highest BCUT2D eigenvalue weighted by Gasteiger charge is 2.14. The number of unbranched alkanes of at least 4 members (excludes halogenated alkanes) is 1. The van der Waals surface area contributed by atoms with Gasteiger partial charge in [0.15, 0.2) is 0 Å². The van der Waals surface area contributed by atoms with Gasteiger partial charge in [-0.25, -0.2) is 0 Å². The summed E-state index contributed by atoms with van der Waals surface area (Å²) in [6, 6.07) is 16.3. The Hall–Kier alpha value is -2.13. The Morgan fingerprint density at radius 1 is 1.00 bits per heavy atom. The maximum absolute atomic E-state index is 11.4. The average molecular weight is 311 g/mol. The number of esters is 1. The fourth-order valence-corrected chi connectivity index (χ4v) is 2.57. The van der Waals surface area contributed by atoms with Crippen LogP contribution in [0.1, 0.15) is 30.9 Å². The predicted octanol–water partition coefficient (Wildman–Crippen LogP) is 3.74. The minimum Gasteiger partial charge on any atom is -0.468 e. The van der Waals surface area contributed by atoms with Gasteiger partial charge in [0.05, 0.1) is 7.11 Å². The number of aryl methyl sites for hydroxylation is 1. The van der Waals surface area contributed by atoms with Crippen LogP contribution >= 0.6 is 0 Å². The van der Waals surface area contributed by atoms with Gasteiger partial charge < -0.3 is 10.5 Å². The van der Waals surface area contributed by atoms with Crippen molar-refractivity contribution in [1.29, 1.82) is 0 Å². The Morgan fingerprint density at radius 3 is 2.00 bits per heavy atom. The number of rotatable bonds is 7. The van der Waals surface area contributed by atoms with Crippen molar-refractivity contribution in [2.45, 2.75) is 38.6 Å². The number of methoxy groups -OCH3 is 1. The van der Waals surface area contributed by atoms with Crippen molar-refractivity contribution in [2.24, 2.45) is 5.73 Å². The highest BCUT2D eigenvalue weighted by molar-refractivity contribution is 5.75. The predicted molar refractivity (Wildman–Crippen MR) is 94.2 cm³/mol. The lowest BCUT2D eigenvalue weighted by atomic mass is 9.99. The third-order valence-electron chi connectivity index (χ3n) is 4.02. The highest BCUT2D eigenvalue weighted by Crippen LogP contribution is 2.21. The van der Waals surface area contributed by atoms with E-state index in [0.717, 1.165) is 12.0 Å². The van der Waals surface area contributed by atoms with Crippen molar-refractivity contribution >= 4 is 5.97 Å². The molecule has 0 bridgehead atoms. The first-order valence-electron chi connectivity index (χ1n) is 8.15. The average Bonchev–Trinajstić information content (AvgIpc) is 2.60. The van der Waals surface area contributed by atoms with E-state index in [0.29, 0.717) is 6.42 Å². The van der Waals surface area contributed by atoms with Crippen molar-refractivity contribution in [3.63, 3.8) is 0 Å². The SMILES string of the molecule is CCCCc1ccc(-c2ccc(CC(N)C(=O)OC)cc2)cc1. The topological polar surface area (TPSA) is 52.3 Å². The second-order valence-corrected chi connectivity index (χ2v) is 5.83. The van der Waals surface area contributed by atoms with E-state index in [1.807, 2.05) is 12.1 Å². The second kappa shape index (κ2) is 8.49. The summed E-state index contributed by atoms with van der Waals surface area (Å²) in [5, 5.41) is 0. The highest BCUT2D eigenvalue weighted by atomic mass is 16.5. The summed E-state index contributed by atoms with van der Waals surface area (Å²) in [6.07, 6.45) is 4.08. The number of nitrogens with two attached hydrogens (primary N) is 1. The largest absolute Gasteiger partial charge is 0.468 e. The number of hydrogen-bond donors (Lipinski definition) is 1. The molecule has 0 saturated carbocycles.